The van der Waals surface area contributed by atoms with Crippen molar-refractivity contribution >= 4 is 17.5 Å². The van der Waals surface area contributed by atoms with Crippen LogP contribution in [0.3, 0.4) is 0 Å². The van der Waals surface area contributed by atoms with Crippen molar-refractivity contribution < 1.29 is 9.59 Å². The van der Waals surface area contributed by atoms with Gasteiger partial charge in [-0.3, -0.25) is 19.0 Å². The molecule has 0 saturated carbocycles. The van der Waals surface area contributed by atoms with Crippen LogP contribution in [0, 0.1) is 6.92 Å². The lowest BCUT2D eigenvalue weighted by molar-refractivity contribution is -0.121. The molecule has 0 aliphatic rings. The van der Waals surface area contributed by atoms with E-state index in [0.717, 1.165) is 36.2 Å². The zero-order valence-corrected chi connectivity index (χ0v) is 16.0. The zero-order chi connectivity index (χ0) is 19.8. The molecule has 3 heterocycles. The Kier molecular flexibility index (Phi) is 6.73. The van der Waals surface area contributed by atoms with Crippen LogP contribution in [0.1, 0.15) is 47.4 Å². The monoisotopic (exact) mass is 379 g/mol. The van der Waals surface area contributed by atoms with Gasteiger partial charge in [0.15, 0.2) is 0 Å². The van der Waals surface area contributed by atoms with E-state index in [0.29, 0.717) is 25.2 Å². The Labute approximate surface area is 164 Å². The maximum atomic E-state index is 12.5. The maximum Gasteiger partial charge on any atom is 0.270 e. The second-order valence-electron chi connectivity index (χ2n) is 6.67. The average molecular weight is 379 g/mol. The number of amides is 2. The summed E-state index contributed by atoms with van der Waals surface area (Å²) in [4.78, 5) is 32.7. The largest absolute Gasteiger partial charge is 0.352 e. The van der Waals surface area contributed by atoms with E-state index in [1.165, 1.54) is 0 Å². The summed E-state index contributed by atoms with van der Waals surface area (Å²) in [5.74, 6) is -0.0755. The highest BCUT2D eigenvalue weighted by atomic mass is 16.2. The Hall–Kier alpha value is -3.22. The van der Waals surface area contributed by atoms with Crippen LogP contribution in [0.4, 0.5) is 0 Å². The number of nitrogens with one attached hydrogen (secondary N) is 2. The van der Waals surface area contributed by atoms with E-state index in [-0.39, 0.29) is 11.8 Å². The molecular weight excluding hydrogens is 354 g/mol. The number of pyridine rings is 2. The molecule has 7 nitrogen and oxygen atoms in total. The quantitative estimate of drug-likeness (QED) is 0.560. The summed E-state index contributed by atoms with van der Waals surface area (Å²) in [7, 11) is 0. The number of carbonyl (C=O) groups excluding carboxylic acids is 2. The molecule has 2 N–H and O–H groups in total. The van der Waals surface area contributed by atoms with E-state index in [2.05, 4.69) is 20.6 Å². The summed E-state index contributed by atoms with van der Waals surface area (Å²) in [6, 6.07) is 9.42. The highest BCUT2D eigenvalue weighted by molar-refractivity contribution is 5.94. The fourth-order valence-electron chi connectivity index (χ4n) is 3.05. The molecule has 146 valence electrons. The second-order valence-corrected chi connectivity index (χ2v) is 6.67. The smallest absolute Gasteiger partial charge is 0.270 e. The van der Waals surface area contributed by atoms with Crippen LogP contribution in [0.2, 0.25) is 0 Å². The minimum atomic E-state index is -0.119. The molecule has 28 heavy (non-hydrogen) atoms. The van der Waals surface area contributed by atoms with Crippen molar-refractivity contribution in [2.75, 3.05) is 6.54 Å². The molecular formula is C21H25N5O2. The number of nitrogens with zero attached hydrogens (tertiary/aromatic N) is 3. The molecule has 7 heteroatoms. The Bertz CT molecular complexity index is 936. The maximum absolute atomic E-state index is 12.5. The van der Waals surface area contributed by atoms with Gasteiger partial charge in [0.1, 0.15) is 11.3 Å². The van der Waals surface area contributed by atoms with Gasteiger partial charge in [0, 0.05) is 38.1 Å². The molecule has 0 unspecified atom stereocenters. The van der Waals surface area contributed by atoms with Crippen LogP contribution in [0.15, 0.2) is 48.9 Å². The molecule has 0 fully saturated rings. The average Bonchev–Trinajstić information content (AvgIpc) is 3.05. The van der Waals surface area contributed by atoms with Gasteiger partial charge in [0.2, 0.25) is 5.91 Å². The van der Waals surface area contributed by atoms with Crippen molar-refractivity contribution in [1.29, 1.82) is 0 Å². The first-order valence-electron chi connectivity index (χ1n) is 9.52. The molecule has 0 spiro atoms. The number of hydrogen-bond acceptors (Lipinski definition) is 4. The molecule has 0 aromatic carbocycles. The molecule has 0 radical (unpaired) electrons. The fraction of sp³-hybridized carbons (Fsp3) is 0.333. The van der Waals surface area contributed by atoms with Crippen LogP contribution in [-0.4, -0.2) is 32.7 Å². The molecule has 0 aliphatic carbocycles. The first-order valence-corrected chi connectivity index (χ1v) is 9.52. The van der Waals surface area contributed by atoms with E-state index in [1.54, 1.807) is 16.8 Å². The molecule has 3 rings (SSSR count). The molecule has 3 aromatic rings. The zero-order valence-electron chi connectivity index (χ0n) is 16.0. The van der Waals surface area contributed by atoms with Gasteiger partial charge in [0.25, 0.3) is 5.91 Å². The predicted molar refractivity (Wildman–Crippen MR) is 107 cm³/mol. The van der Waals surface area contributed by atoms with E-state index >= 15 is 0 Å². The topological polar surface area (TPSA) is 88.4 Å². The molecule has 0 atom stereocenters. The highest BCUT2D eigenvalue weighted by Crippen LogP contribution is 2.11. The third-order valence-corrected chi connectivity index (χ3v) is 4.52. The van der Waals surface area contributed by atoms with Crippen LogP contribution in [0.25, 0.3) is 5.65 Å². The van der Waals surface area contributed by atoms with Gasteiger partial charge in [0.05, 0.1) is 5.69 Å². The molecule has 0 aliphatic heterocycles. The van der Waals surface area contributed by atoms with Crippen molar-refractivity contribution in [1.82, 2.24) is 25.0 Å². The lowest BCUT2D eigenvalue weighted by atomic mass is 10.2. The second kappa shape index (κ2) is 9.64. The highest BCUT2D eigenvalue weighted by Gasteiger charge is 2.15. The summed E-state index contributed by atoms with van der Waals surface area (Å²) >= 11 is 0. The van der Waals surface area contributed by atoms with Gasteiger partial charge < -0.3 is 10.6 Å². The van der Waals surface area contributed by atoms with Gasteiger partial charge in [-0.1, -0.05) is 12.5 Å². The van der Waals surface area contributed by atoms with Gasteiger partial charge in [-0.25, -0.2) is 4.98 Å². The normalized spacial score (nSPS) is 10.8. The van der Waals surface area contributed by atoms with Crippen molar-refractivity contribution in [2.24, 2.45) is 0 Å². The predicted octanol–water partition coefficient (Wildman–Crippen LogP) is 2.64. The van der Waals surface area contributed by atoms with Crippen molar-refractivity contribution in [3.05, 3.63) is 65.9 Å². The number of imidazole rings is 1. The van der Waals surface area contributed by atoms with Gasteiger partial charge in [-0.2, -0.15) is 0 Å². The summed E-state index contributed by atoms with van der Waals surface area (Å²) in [6.45, 7) is 2.94. The van der Waals surface area contributed by atoms with E-state index in [1.807, 2.05) is 43.5 Å². The third kappa shape index (κ3) is 5.16. The Morgan fingerprint density at radius 2 is 1.86 bits per heavy atom. The standard InChI is InChI=1S/C21H25N5O2/c1-16-20(26-14-6-4-7-18(26)25-16)21(28)23-11-5-2-3-8-19(27)24-15-17-9-12-22-13-10-17/h4,6-7,9-10,12-14H,2-3,5,8,11,15H2,1H3,(H,23,28)(H,24,27). The number of hydrogen-bond donors (Lipinski definition) is 2. The van der Waals surface area contributed by atoms with Crippen LogP contribution < -0.4 is 10.6 Å². The first kappa shape index (κ1) is 19.5. The number of fused-ring (bicyclic) bond motifs is 1. The van der Waals surface area contributed by atoms with Crippen LogP contribution in [-0.2, 0) is 11.3 Å². The third-order valence-electron chi connectivity index (χ3n) is 4.52. The van der Waals surface area contributed by atoms with Gasteiger partial charge in [-0.05, 0) is 49.6 Å². The number of rotatable bonds is 9. The van der Waals surface area contributed by atoms with Crippen molar-refractivity contribution in [2.45, 2.75) is 39.2 Å². The number of aromatic nitrogens is 3. The van der Waals surface area contributed by atoms with E-state index in [4.69, 9.17) is 0 Å². The van der Waals surface area contributed by atoms with Crippen molar-refractivity contribution in [3.8, 4) is 0 Å². The Morgan fingerprint density at radius 1 is 1.04 bits per heavy atom. The van der Waals surface area contributed by atoms with Crippen LogP contribution in [0.5, 0.6) is 0 Å². The minimum Gasteiger partial charge on any atom is -0.352 e. The number of unbranched alkanes of at least 4 members (excludes halogenated alkanes) is 2. The summed E-state index contributed by atoms with van der Waals surface area (Å²) in [5.41, 5.74) is 3.09. The molecule has 3 aromatic heterocycles. The minimum absolute atomic E-state index is 0.0437. The number of aryl methyl sites for hydroxylation is 1. The first-order chi connectivity index (χ1) is 13.6. The van der Waals surface area contributed by atoms with E-state index < -0.39 is 0 Å². The lowest BCUT2D eigenvalue weighted by Gasteiger charge is -2.07. The molecule has 2 amide bonds. The van der Waals surface area contributed by atoms with Gasteiger partial charge in [-0.15, -0.1) is 0 Å². The Morgan fingerprint density at radius 3 is 2.68 bits per heavy atom. The van der Waals surface area contributed by atoms with Gasteiger partial charge >= 0.3 is 0 Å². The van der Waals surface area contributed by atoms with Crippen LogP contribution >= 0.6 is 0 Å². The lowest BCUT2D eigenvalue weighted by Crippen LogP contribution is -2.26. The summed E-state index contributed by atoms with van der Waals surface area (Å²) in [6.07, 6.45) is 8.27. The Balaban J connectivity index is 1.33. The molecule has 0 saturated heterocycles. The summed E-state index contributed by atoms with van der Waals surface area (Å²) in [5, 5.41) is 5.85. The van der Waals surface area contributed by atoms with E-state index in [9.17, 15) is 9.59 Å². The SMILES string of the molecule is Cc1nc2ccccn2c1C(=O)NCCCCCC(=O)NCc1ccncc1. The number of carbonyl (C=O) groups is 2. The summed E-state index contributed by atoms with van der Waals surface area (Å²) < 4.78 is 1.80. The fourth-order valence-corrected chi connectivity index (χ4v) is 3.05. The molecule has 0 bridgehead atoms. The van der Waals surface area contributed by atoms with Crippen molar-refractivity contribution in [3.63, 3.8) is 0 Å².